The van der Waals surface area contributed by atoms with Gasteiger partial charge in [-0.25, -0.2) is 9.78 Å². The van der Waals surface area contributed by atoms with Gasteiger partial charge in [-0.1, -0.05) is 0 Å². The van der Waals surface area contributed by atoms with Gasteiger partial charge in [0, 0.05) is 32.9 Å². The summed E-state index contributed by atoms with van der Waals surface area (Å²) in [6.07, 6.45) is 2.31. The van der Waals surface area contributed by atoms with E-state index >= 15 is 0 Å². The summed E-state index contributed by atoms with van der Waals surface area (Å²) >= 11 is 0. The van der Waals surface area contributed by atoms with E-state index < -0.39 is 5.97 Å². The lowest BCUT2D eigenvalue weighted by Gasteiger charge is -2.26. The van der Waals surface area contributed by atoms with Crippen molar-refractivity contribution in [2.75, 3.05) is 45.0 Å². The normalized spacial score (nSPS) is 21.7. The summed E-state index contributed by atoms with van der Waals surface area (Å²) in [5.74, 6) is -0.0465. The van der Waals surface area contributed by atoms with Crippen LogP contribution in [0.15, 0.2) is 12.3 Å². The molecule has 110 valence electrons. The highest BCUT2D eigenvalue weighted by atomic mass is 16.5. The molecule has 3 N–H and O–H groups in total. The fourth-order valence-electron chi connectivity index (χ4n) is 2.11. The fraction of sp³-hybridized carbons (Fsp3) is 0.538. The largest absolute Gasteiger partial charge is 0.465 e. The van der Waals surface area contributed by atoms with Crippen LogP contribution in [-0.2, 0) is 14.2 Å². The third-order valence-corrected chi connectivity index (χ3v) is 3.47. The molecule has 0 aromatic carbocycles. The van der Waals surface area contributed by atoms with Crippen LogP contribution in [0.5, 0.6) is 0 Å². The van der Waals surface area contributed by atoms with E-state index in [9.17, 15) is 4.79 Å². The van der Waals surface area contributed by atoms with Crippen molar-refractivity contribution >= 4 is 17.5 Å². The van der Waals surface area contributed by atoms with Crippen LogP contribution in [0.4, 0.5) is 11.5 Å². The van der Waals surface area contributed by atoms with Crippen molar-refractivity contribution in [2.24, 2.45) is 0 Å². The third kappa shape index (κ3) is 2.83. The smallest absolute Gasteiger partial charge is 0.340 e. The number of pyridine rings is 1. The average molecular weight is 281 g/mol. The van der Waals surface area contributed by atoms with Crippen molar-refractivity contribution in [1.29, 1.82) is 0 Å². The molecule has 1 aliphatic rings. The lowest BCUT2D eigenvalue weighted by atomic mass is 10.0. The van der Waals surface area contributed by atoms with Gasteiger partial charge in [0.15, 0.2) is 0 Å². The van der Waals surface area contributed by atoms with Crippen LogP contribution in [0.1, 0.15) is 16.8 Å². The molecule has 7 nitrogen and oxygen atoms in total. The number of hydrogen-bond donors (Lipinski definition) is 2. The molecular formula is C13H19N3O4. The Kier molecular flexibility index (Phi) is 4.41. The lowest BCUT2D eigenvalue weighted by molar-refractivity contribution is -0.00624. The molecule has 0 aliphatic carbocycles. The molecule has 0 amide bonds. The number of aromatic nitrogens is 1. The van der Waals surface area contributed by atoms with Gasteiger partial charge in [-0.3, -0.25) is 0 Å². The average Bonchev–Trinajstić information content (AvgIpc) is 2.95. The van der Waals surface area contributed by atoms with Crippen LogP contribution in [0.2, 0.25) is 0 Å². The van der Waals surface area contributed by atoms with Crippen LogP contribution in [-0.4, -0.2) is 50.5 Å². The summed E-state index contributed by atoms with van der Waals surface area (Å²) in [5, 5.41) is 3.12. The number of nitrogens with two attached hydrogens (primary N) is 1. The molecule has 1 atom stereocenters. The number of nitrogens with zero attached hydrogens (tertiary/aromatic N) is 1. The number of nitrogen functional groups attached to an aromatic ring is 1. The van der Waals surface area contributed by atoms with E-state index in [0.29, 0.717) is 31.1 Å². The Balaban J connectivity index is 2.12. The lowest BCUT2D eigenvalue weighted by Crippen LogP contribution is -2.39. The Morgan fingerprint density at radius 1 is 1.60 bits per heavy atom. The van der Waals surface area contributed by atoms with E-state index in [2.05, 4.69) is 15.0 Å². The first-order valence-electron chi connectivity index (χ1n) is 6.31. The summed E-state index contributed by atoms with van der Waals surface area (Å²) in [6.45, 7) is 1.69. The molecule has 20 heavy (non-hydrogen) atoms. The fourth-order valence-corrected chi connectivity index (χ4v) is 2.11. The van der Waals surface area contributed by atoms with Crippen LogP contribution in [0, 0.1) is 0 Å². The molecule has 7 heteroatoms. The minimum atomic E-state index is -0.487. The van der Waals surface area contributed by atoms with Gasteiger partial charge in [-0.2, -0.15) is 0 Å². The number of carbonyl (C=O) groups is 1. The highest BCUT2D eigenvalue weighted by Crippen LogP contribution is 2.25. The molecule has 1 unspecified atom stereocenters. The maximum atomic E-state index is 11.6. The molecule has 1 fully saturated rings. The number of hydrogen-bond acceptors (Lipinski definition) is 7. The van der Waals surface area contributed by atoms with E-state index in [1.54, 1.807) is 7.11 Å². The molecule has 0 bridgehead atoms. The van der Waals surface area contributed by atoms with Crippen molar-refractivity contribution in [2.45, 2.75) is 12.0 Å². The highest BCUT2D eigenvalue weighted by Gasteiger charge is 2.35. The third-order valence-electron chi connectivity index (χ3n) is 3.47. The van der Waals surface area contributed by atoms with Crippen molar-refractivity contribution < 1.29 is 19.0 Å². The second kappa shape index (κ2) is 6.06. The van der Waals surface area contributed by atoms with Crippen LogP contribution in [0.3, 0.4) is 0 Å². The van der Waals surface area contributed by atoms with Crippen molar-refractivity contribution in [1.82, 2.24) is 4.98 Å². The predicted molar refractivity (Wildman–Crippen MR) is 73.7 cm³/mol. The van der Waals surface area contributed by atoms with Gasteiger partial charge in [0.2, 0.25) is 0 Å². The zero-order valence-electron chi connectivity index (χ0n) is 11.6. The topological polar surface area (TPSA) is 95.7 Å². The van der Waals surface area contributed by atoms with Crippen molar-refractivity contribution in [3.63, 3.8) is 0 Å². The van der Waals surface area contributed by atoms with Gasteiger partial charge in [-0.15, -0.1) is 0 Å². The number of rotatable bonds is 5. The van der Waals surface area contributed by atoms with E-state index in [4.69, 9.17) is 15.2 Å². The summed E-state index contributed by atoms with van der Waals surface area (Å²) < 4.78 is 15.5. The first-order chi connectivity index (χ1) is 9.62. The Morgan fingerprint density at radius 2 is 2.40 bits per heavy atom. The molecule has 1 aromatic heterocycles. The van der Waals surface area contributed by atoms with Crippen molar-refractivity contribution in [3.8, 4) is 0 Å². The van der Waals surface area contributed by atoms with Gasteiger partial charge >= 0.3 is 5.97 Å². The van der Waals surface area contributed by atoms with Gasteiger partial charge < -0.3 is 25.3 Å². The minimum absolute atomic E-state index is 0.268. The van der Waals surface area contributed by atoms with E-state index in [1.165, 1.54) is 19.4 Å². The molecule has 1 aromatic rings. The molecule has 2 heterocycles. The molecule has 0 radical (unpaired) electrons. The number of esters is 1. The minimum Gasteiger partial charge on any atom is -0.465 e. The molecule has 0 spiro atoms. The Labute approximate surface area is 117 Å². The standard InChI is InChI=1S/C13H19N3O4/c1-18-12(17)9-3-5-15-11(10(9)14)16-7-13(19-2)4-6-20-8-13/h3,5H,4,6-8,14H2,1-2H3,(H,15,16). The number of anilines is 2. The number of carbonyl (C=O) groups excluding carboxylic acids is 1. The molecule has 1 aliphatic heterocycles. The second-order valence-corrected chi connectivity index (χ2v) is 4.66. The van der Waals surface area contributed by atoms with E-state index in [-0.39, 0.29) is 11.3 Å². The van der Waals surface area contributed by atoms with Crippen LogP contribution < -0.4 is 11.1 Å². The summed E-state index contributed by atoms with van der Waals surface area (Å²) in [6, 6.07) is 1.52. The van der Waals surface area contributed by atoms with Crippen molar-refractivity contribution in [3.05, 3.63) is 17.8 Å². The van der Waals surface area contributed by atoms with E-state index in [0.717, 1.165) is 6.42 Å². The van der Waals surface area contributed by atoms with Gasteiger partial charge in [0.1, 0.15) is 11.4 Å². The summed E-state index contributed by atoms with van der Waals surface area (Å²) in [5.41, 5.74) is 6.11. The Bertz CT molecular complexity index is 487. The Morgan fingerprint density at radius 3 is 3.00 bits per heavy atom. The van der Waals surface area contributed by atoms with Gasteiger partial charge in [-0.05, 0) is 6.07 Å². The molecule has 1 saturated heterocycles. The second-order valence-electron chi connectivity index (χ2n) is 4.66. The predicted octanol–water partition coefficient (Wildman–Crippen LogP) is 0.668. The maximum Gasteiger partial charge on any atom is 0.340 e. The highest BCUT2D eigenvalue weighted by molar-refractivity contribution is 5.97. The molecule has 0 saturated carbocycles. The number of nitrogens with one attached hydrogen (secondary N) is 1. The van der Waals surface area contributed by atoms with Crippen LogP contribution in [0.25, 0.3) is 0 Å². The first kappa shape index (κ1) is 14.5. The van der Waals surface area contributed by atoms with E-state index in [1.807, 2.05) is 0 Å². The van der Waals surface area contributed by atoms with Gasteiger partial charge in [0.25, 0.3) is 0 Å². The van der Waals surface area contributed by atoms with Crippen LogP contribution >= 0.6 is 0 Å². The summed E-state index contributed by atoms with van der Waals surface area (Å²) in [7, 11) is 2.96. The number of methoxy groups -OCH3 is 2. The summed E-state index contributed by atoms with van der Waals surface area (Å²) in [4.78, 5) is 15.7. The van der Waals surface area contributed by atoms with Gasteiger partial charge in [0.05, 0.1) is 25.0 Å². The Hall–Kier alpha value is -1.86. The quantitative estimate of drug-likeness (QED) is 0.766. The first-order valence-corrected chi connectivity index (χ1v) is 6.31. The zero-order chi connectivity index (χ0) is 14.6. The molecule has 2 rings (SSSR count). The number of ether oxygens (including phenoxy) is 3. The zero-order valence-corrected chi connectivity index (χ0v) is 11.6. The SMILES string of the molecule is COC(=O)c1ccnc(NCC2(OC)CCOC2)c1N. The maximum absolute atomic E-state index is 11.6. The monoisotopic (exact) mass is 281 g/mol. The molecular weight excluding hydrogens is 262 g/mol.